The van der Waals surface area contributed by atoms with Crippen molar-refractivity contribution in [2.75, 3.05) is 0 Å². The molecule has 0 aliphatic heterocycles. The molecule has 0 fully saturated rings. The SMILES string of the molecule is O=C(/C=C/c1ccc(O)c(O)c1)C1C=CC(O)=CC1. The number of aromatic hydroxyl groups is 2. The lowest BCUT2D eigenvalue weighted by molar-refractivity contribution is -0.116. The van der Waals surface area contributed by atoms with Gasteiger partial charge in [0.15, 0.2) is 17.3 Å². The van der Waals surface area contributed by atoms with Crippen LogP contribution in [0.25, 0.3) is 6.08 Å². The van der Waals surface area contributed by atoms with Gasteiger partial charge in [0.25, 0.3) is 0 Å². The van der Waals surface area contributed by atoms with E-state index in [0.29, 0.717) is 12.0 Å². The molecule has 19 heavy (non-hydrogen) atoms. The fourth-order valence-corrected chi connectivity index (χ4v) is 1.77. The van der Waals surface area contributed by atoms with Gasteiger partial charge in [-0.3, -0.25) is 4.79 Å². The largest absolute Gasteiger partial charge is 0.508 e. The molecule has 0 aromatic heterocycles. The third-order valence-corrected chi connectivity index (χ3v) is 2.89. The van der Waals surface area contributed by atoms with Gasteiger partial charge in [-0.1, -0.05) is 18.2 Å². The Hall–Kier alpha value is -2.49. The predicted octanol–water partition coefficient (Wildman–Crippen LogP) is 2.70. The molecule has 2 rings (SSSR count). The number of hydrogen-bond acceptors (Lipinski definition) is 4. The highest BCUT2D eigenvalue weighted by Gasteiger charge is 2.14. The molecular weight excluding hydrogens is 244 g/mol. The van der Waals surface area contributed by atoms with E-state index in [4.69, 9.17) is 10.2 Å². The molecule has 1 aromatic rings. The molecule has 98 valence electrons. The number of rotatable bonds is 3. The summed E-state index contributed by atoms with van der Waals surface area (Å²) in [6, 6.07) is 4.34. The zero-order valence-electron chi connectivity index (χ0n) is 10.2. The van der Waals surface area contributed by atoms with Crippen molar-refractivity contribution in [1.82, 2.24) is 0 Å². The van der Waals surface area contributed by atoms with E-state index in [2.05, 4.69) is 0 Å². The first-order valence-corrected chi connectivity index (χ1v) is 5.87. The number of carbonyl (C=O) groups is 1. The van der Waals surface area contributed by atoms with Crippen LogP contribution in [-0.2, 0) is 4.79 Å². The second kappa shape index (κ2) is 5.44. The smallest absolute Gasteiger partial charge is 0.162 e. The van der Waals surface area contributed by atoms with Crippen molar-refractivity contribution in [3.05, 3.63) is 53.8 Å². The van der Waals surface area contributed by atoms with Crippen LogP contribution in [0.1, 0.15) is 12.0 Å². The van der Waals surface area contributed by atoms with E-state index in [1.807, 2.05) is 0 Å². The van der Waals surface area contributed by atoms with E-state index in [1.54, 1.807) is 24.3 Å². The number of hydrogen-bond donors (Lipinski definition) is 3. The van der Waals surface area contributed by atoms with Gasteiger partial charge < -0.3 is 15.3 Å². The van der Waals surface area contributed by atoms with Gasteiger partial charge in [0, 0.05) is 5.92 Å². The zero-order valence-corrected chi connectivity index (χ0v) is 10.2. The second-order valence-corrected chi connectivity index (χ2v) is 4.31. The van der Waals surface area contributed by atoms with Crippen LogP contribution in [0.3, 0.4) is 0 Å². The molecule has 1 aliphatic rings. The average Bonchev–Trinajstić information content (AvgIpc) is 2.40. The Morgan fingerprint density at radius 1 is 1.21 bits per heavy atom. The summed E-state index contributed by atoms with van der Waals surface area (Å²) in [5.74, 6) is -0.582. The fourth-order valence-electron chi connectivity index (χ4n) is 1.77. The lowest BCUT2D eigenvalue weighted by atomic mass is 9.95. The van der Waals surface area contributed by atoms with Crippen LogP contribution in [0.2, 0.25) is 0 Å². The third-order valence-electron chi connectivity index (χ3n) is 2.89. The summed E-state index contributed by atoms with van der Waals surface area (Å²) in [5, 5.41) is 27.7. The molecule has 1 unspecified atom stereocenters. The lowest BCUT2D eigenvalue weighted by Gasteiger charge is -2.10. The maximum absolute atomic E-state index is 11.9. The molecule has 0 radical (unpaired) electrons. The molecule has 1 atom stereocenters. The number of aliphatic hydroxyl groups excluding tert-OH is 1. The molecule has 1 aromatic carbocycles. The van der Waals surface area contributed by atoms with Crippen LogP contribution in [-0.4, -0.2) is 21.1 Å². The highest BCUT2D eigenvalue weighted by Crippen LogP contribution is 2.25. The lowest BCUT2D eigenvalue weighted by Crippen LogP contribution is -2.10. The summed E-state index contributed by atoms with van der Waals surface area (Å²) >= 11 is 0. The van der Waals surface area contributed by atoms with Crippen LogP contribution in [0.4, 0.5) is 0 Å². The summed E-state index contributed by atoms with van der Waals surface area (Å²) in [4.78, 5) is 11.9. The number of carbonyl (C=O) groups excluding carboxylic acids is 1. The van der Waals surface area contributed by atoms with Gasteiger partial charge in [-0.05, 0) is 42.3 Å². The van der Waals surface area contributed by atoms with Crippen LogP contribution in [0.5, 0.6) is 11.5 Å². The third kappa shape index (κ3) is 3.25. The Bertz CT molecular complexity index is 582. The van der Waals surface area contributed by atoms with Crippen molar-refractivity contribution in [1.29, 1.82) is 0 Å². The van der Waals surface area contributed by atoms with Crippen LogP contribution in [0, 0.1) is 5.92 Å². The quantitative estimate of drug-likeness (QED) is 0.575. The molecule has 0 bridgehead atoms. The van der Waals surface area contributed by atoms with Gasteiger partial charge in [-0.2, -0.15) is 0 Å². The molecule has 0 heterocycles. The van der Waals surface area contributed by atoms with Gasteiger partial charge in [0.2, 0.25) is 0 Å². The van der Waals surface area contributed by atoms with Crippen molar-refractivity contribution in [2.24, 2.45) is 5.92 Å². The molecule has 0 saturated carbocycles. The van der Waals surface area contributed by atoms with Crippen LogP contribution < -0.4 is 0 Å². The van der Waals surface area contributed by atoms with Crippen LogP contribution >= 0.6 is 0 Å². The number of ketones is 1. The van der Waals surface area contributed by atoms with E-state index in [-0.39, 0.29) is 29.0 Å². The summed E-state index contributed by atoms with van der Waals surface area (Å²) in [6.07, 6.45) is 8.25. The standard InChI is InChI=1S/C15H14O4/c16-12-5-3-11(4-6-12)13(17)7-1-10-2-8-14(18)15(19)9-10/h1-3,5-9,11,16,18-19H,4H2/b7-1+. The first kappa shape index (κ1) is 13.0. The molecular formula is C15H14O4. The van der Waals surface area contributed by atoms with Crippen molar-refractivity contribution in [3.63, 3.8) is 0 Å². The highest BCUT2D eigenvalue weighted by atomic mass is 16.3. The van der Waals surface area contributed by atoms with Crippen molar-refractivity contribution >= 4 is 11.9 Å². The second-order valence-electron chi connectivity index (χ2n) is 4.31. The maximum atomic E-state index is 11.9. The Morgan fingerprint density at radius 2 is 2.00 bits per heavy atom. The first-order valence-electron chi connectivity index (χ1n) is 5.87. The summed E-state index contributed by atoms with van der Waals surface area (Å²) in [7, 11) is 0. The van der Waals surface area contributed by atoms with Crippen molar-refractivity contribution in [2.45, 2.75) is 6.42 Å². The van der Waals surface area contributed by atoms with E-state index >= 15 is 0 Å². The molecule has 3 N–H and O–H groups in total. The Kier molecular flexibility index (Phi) is 3.71. The van der Waals surface area contributed by atoms with Crippen molar-refractivity contribution < 1.29 is 20.1 Å². The number of allylic oxidation sites excluding steroid dienone is 4. The monoisotopic (exact) mass is 258 g/mol. The summed E-state index contributed by atoms with van der Waals surface area (Å²) in [6.45, 7) is 0. The predicted molar refractivity (Wildman–Crippen MR) is 71.8 cm³/mol. The molecule has 1 aliphatic carbocycles. The van der Waals surface area contributed by atoms with Gasteiger partial charge in [0.05, 0.1) is 0 Å². The number of benzene rings is 1. The topological polar surface area (TPSA) is 77.8 Å². The minimum Gasteiger partial charge on any atom is -0.508 e. The van der Waals surface area contributed by atoms with Crippen LogP contribution in [0.15, 0.2) is 48.3 Å². The molecule has 4 heteroatoms. The summed E-state index contributed by atoms with van der Waals surface area (Å²) in [5.41, 5.74) is 0.627. The molecule has 0 spiro atoms. The van der Waals surface area contributed by atoms with Gasteiger partial charge in [-0.15, -0.1) is 0 Å². The normalized spacial score (nSPS) is 18.5. The number of aliphatic hydroxyl groups is 1. The maximum Gasteiger partial charge on any atom is 0.162 e. The van der Waals surface area contributed by atoms with E-state index in [1.165, 1.54) is 24.3 Å². The zero-order chi connectivity index (χ0) is 13.8. The number of phenolic OH excluding ortho intramolecular Hbond substituents is 2. The Balaban J connectivity index is 2.04. The summed E-state index contributed by atoms with van der Waals surface area (Å²) < 4.78 is 0. The average molecular weight is 258 g/mol. The Morgan fingerprint density at radius 3 is 2.63 bits per heavy atom. The first-order chi connectivity index (χ1) is 9.06. The highest BCUT2D eigenvalue weighted by molar-refractivity contribution is 5.96. The van der Waals surface area contributed by atoms with E-state index in [9.17, 15) is 9.90 Å². The van der Waals surface area contributed by atoms with E-state index < -0.39 is 0 Å². The van der Waals surface area contributed by atoms with Gasteiger partial charge in [0.1, 0.15) is 5.76 Å². The van der Waals surface area contributed by atoms with E-state index in [0.717, 1.165) is 0 Å². The fraction of sp³-hybridized carbons (Fsp3) is 0.133. The molecule has 4 nitrogen and oxygen atoms in total. The van der Waals surface area contributed by atoms with Gasteiger partial charge >= 0.3 is 0 Å². The minimum absolute atomic E-state index is 0.0763. The Labute approximate surface area is 110 Å². The number of phenols is 2. The molecule has 0 amide bonds. The minimum atomic E-state index is -0.266. The molecule has 0 saturated heterocycles. The van der Waals surface area contributed by atoms with Crippen molar-refractivity contribution in [3.8, 4) is 11.5 Å². The van der Waals surface area contributed by atoms with Gasteiger partial charge in [-0.25, -0.2) is 0 Å².